The van der Waals surface area contributed by atoms with Gasteiger partial charge in [-0.2, -0.15) is 0 Å². The SMILES string of the molecule is CC(C)(c1ccc(C(C)(C)c2cc(C[N+](C)(C)C)c(O)c(C[N+](C)(C)C)c2)cc1)c1cc(C[N+](C)(C)C)c(O)c(C[N+](C)(C)C)c1.[I-].[I-].[I-].[I-]. The number of nitrogens with zero attached hydrogens (tertiary/aromatic N) is 4. The number of rotatable bonds is 12. The van der Waals surface area contributed by atoms with Gasteiger partial charge in [0.05, 0.1) is 84.6 Å². The molecule has 0 bridgehead atoms. The third kappa shape index (κ3) is 14.3. The second kappa shape index (κ2) is 18.6. The Bertz CT molecular complexity index is 1350. The number of aromatic hydroxyl groups is 2. The van der Waals surface area contributed by atoms with Crippen LogP contribution in [-0.2, 0) is 37.0 Å². The van der Waals surface area contributed by atoms with Crippen LogP contribution in [0.5, 0.6) is 11.5 Å². The van der Waals surface area contributed by atoms with Gasteiger partial charge in [-0.3, -0.25) is 0 Å². The molecule has 0 aliphatic heterocycles. The van der Waals surface area contributed by atoms with Crippen molar-refractivity contribution in [3.8, 4) is 11.5 Å². The van der Waals surface area contributed by atoms with Gasteiger partial charge in [0.15, 0.2) is 0 Å². The van der Waals surface area contributed by atoms with Gasteiger partial charge < -0.3 is 124 Å². The van der Waals surface area contributed by atoms with Crippen LogP contribution in [0, 0.1) is 0 Å². The van der Waals surface area contributed by atoms with E-state index in [1.165, 1.54) is 22.3 Å². The molecule has 0 radical (unpaired) electrons. The first kappa shape index (κ1) is 52.1. The van der Waals surface area contributed by atoms with Gasteiger partial charge in [-0.1, -0.05) is 52.0 Å². The minimum absolute atomic E-state index is 0. The average Bonchev–Trinajstić information content (AvgIpc) is 2.85. The fourth-order valence-corrected chi connectivity index (χ4v) is 6.40. The van der Waals surface area contributed by atoms with E-state index < -0.39 is 0 Å². The smallest absolute Gasteiger partial charge is 0.133 e. The fourth-order valence-electron chi connectivity index (χ4n) is 6.40. The Labute approximate surface area is 374 Å². The van der Waals surface area contributed by atoms with E-state index >= 15 is 0 Å². The van der Waals surface area contributed by atoms with Crippen LogP contribution in [0.2, 0.25) is 0 Å². The maximum atomic E-state index is 11.4. The lowest BCUT2D eigenvalue weighted by Crippen LogP contribution is -3.00. The molecular weight excluding hydrogens is 1080 g/mol. The number of hydrogen-bond donors (Lipinski definition) is 2. The second-order valence-corrected chi connectivity index (χ2v) is 18.9. The summed E-state index contributed by atoms with van der Waals surface area (Å²) < 4.78 is 2.98. The van der Waals surface area contributed by atoms with Crippen molar-refractivity contribution in [3.63, 3.8) is 0 Å². The summed E-state index contributed by atoms with van der Waals surface area (Å²) in [4.78, 5) is 0. The van der Waals surface area contributed by atoms with E-state index in [9.17, 15) is 10.2 Å². The number of quaternary nitrogens is 4. The third-order valence-corrected chi connectivity index (χ3v) is 8.89. The van der Waals surface area contributed by atoms with Gasteiger partial charge >= 0.3 is 0 Å². The van der Waals surface area contributed by atoms with Crippen molar-refractivity contribution in [1.82, 2.24) is 0 Å². The molecule has 0 unspecified atom stereocenters. The Morgan fingerprint density at radius 2 is 0.560 bits per heavy atom. The summed E-state index contributed by atoms with van der Waals surface area (Å²) in [5, 5.41) is 22.7. The minimum Gasteiger partial charge on any atom is -1.00 e. The zero-order chi connectivity index (χ0) is 35.3. The molecule has 0 aliphatic rings. The van der Waals surface area contributed by atoms with Crippen LogP contribution in [0.3, 0.4) is 0 Å². The summed E-state index contributed by atoms with van der Waals surface area (Å²) in [7, 11) is 26.0. The predicted octanol–water partition coefficient (Wildman–Crippen LogP) is -5.41. The van der Waals surface area contributed by atoms with Crippen LogP contribution in [-0.4, -0.2) is 113 Å². The summed E-state index contributed by atoms with van der Waals surface area (Å²) in [6.45, 7) is 12.2. The lowest BCUT2D eigenvalue weighted by molar-refractivity contribution is -0.884. The summed E-state index contributed by atoms with van der Waals surface area (Å²) in [6, 6.07) is 18.0. The molecule has 0 heterocycles. The molecule has 6 nitrogen and oxygen atoms in total. The number of halogens is 4. The Morgan fingerprint density at radius 3 is 0.720 bits per heavy atom. The molecule has 0 atom stereocenters. The van der Waals surface area contributed by atoms with Gasteiger partial charge in [0.2, 0.25) is 0 Å². The topological polar surface area (TPSA) is 40.5 Å². The van der Waals surface area contributed by atoms with Crippen molar-refractivity contribution in [1.29, 1.82) is 0 Å². The first-order chi connectivity index (χ1) is 20.6. The van der Waals surface area contributed by atoms with Crippen molar-refractivity contribution in [3.05, 3.63) is 93.0 Å². The monoisotopic (exact) mass is 1140 g/mol. The largest absolute Gasteiger partial charge is 1.00 e. The number of phenols is 2. The lowest BCUT2D eigenvalue weighted by Gasteiger charge is -2.33. The third-order valence-electron chi connectivity index (χ3n) is 8.89. The Morgan fingerprint density at radius 1 is 0.380 bits per heavy atom. The van der Waals surface area contributed by atoms with Crippen LogP contribution >= 0.6 is 0 Å². The Kier molecular flexibility index (Phi) is 19.4. The number of benzene rings is 3. The van der Waals surface area contributed by atoms with Crippen LogP contribution in [0.1, 0.15) is 72.2 Å². The van der Waals surface area contributed by atoms with E-state index in [1.54, 1.807) is 0 Å². The molecule has 3 aromatic rings. The minimum atomic E-state index is -0.260. The van der Waals surface area contributed by atoms with Crippen LogP contribution in [0.15, 0.2) is 48.5 Å². The molecule has 0 aliphatic carbocycles. The summed E-state index contributed by atoms with van der Waals surface area (Å²) in [5.74, 6) is 0.863. The lowest BCUT2D eigenvalue weighted by atomic mass is 9.73. The van der Waals surface area contributed by atoms with Crippen LogP contribution in [0.4, 0.5) is 0 Å². The molecule has 0 spiro atoms. The van der Waals surface area contributed by atoms with Crippen molar-refractivity contribution >= 4 is 0 Å². The molecule has 0 amide bonds. The first-order valence-electron chi connectivity index (χ1n) is 16.6. The quantitative estimate of drug-likeness (QED) is 0.141. The highest BCUT2D eigenvalue weighted by Gasteiger charge is 2.31. The van der Waals surface area contributed by atoms with Crippen molar-refractivity contribution in [2.45, 2.75) is 64.7 Å². The van der Waals surface area contributed by atoms with Gasteiger partial charge in [-0.15, -0.1) is 0 Å². The van der Waals surface area contributed by atoms with Gasteiger partial charge in [0.1, 0.15) is 37.7 Å². The van der Waals surface area contributed by atoms with Gasteiger partial charge in [0.25, 0.3) is 0 Å². The van der Waals surface area contributed by atoms with E-state index in [1.807, 2.05) is 0 Å². The zero-order valence-corrected chi connectivity index (χ0v) is 42.3. The molecule has 50 heavy (non-hydrogen) atoms. The van der Waals surface area contributed by atoms with E-state index in [4.69, 9.17) is 0 Å². The second-order valence-electron chi connectivity index (χ2n) is 18.9. The van der Waals surface area contributed by atoms with E-state index in [0.29, 0.717) is 11.5 Å². The molecule has 3 aromatic carbocycles. The van der Waals surface area contributed by atoms with E-state index in [2.05, 4.69) is 161 Å². The molecule has 0 saturated carbocycles. The fraction of sp³-hybridized carbons (Fsp3) is 0.550. The highest BCUT2D eigenvalue weighted by Crippen LogP contribution is 2.40. The molecule has 0 fully saturated rings. The van der Waals surface area contributed by atoms with Gasteiger partial charge in [0, 0.05) is 33.1 Å². The number of phenolic OH excluding ortho intramolecular Hbond substituents is 2. The molecule has 10 heteroatoms. The highest BCUT2D eigenvalue weighted by atomic mass is 127. The van der Waals surface area contributed by atoms with Crippen LogP contribution in [0.25, 0.3) is 0 Å². The standard InChI is InChI=1S/C40H64N4O2.4HI/c1-39(2,35-21-29(25-41(5,6)7)37(45)30(22-35)26-42(8,9)10)33-17-19-34(20-18-33)40(3,4)36-23-31(27-43(11,12)13)38(46)32(24-36)28-44(14,15)16;;;;/h17-24H,25-28H2,1-16H3;4*1H/q+2;;;;/p-2. The number of hydrogen-bond acceptors (Lipinski definition) is 2. The van der Waals surface area contributed by atoms with Crippen molar-refractivity contribution < 1.29 is 124 Å². The highest BCUT2D eigenvalue weighted by molar-refractivity contribution is 5.51. The molecule has 286 valence electrons. The van der Waals surface area contributed by atoms with Crippen molar-refractivity contribution in [2.24, 2.45) is 0 Å². The summed E-state index contributed by atoms with van der Waals surface area (Å²) >= 11 is 0. The molecule has 2 N–H and O–H groups in total. The molecular formula is C40H66I4N4O2. The summed E-state index contributed by atoms with van der Waals surface area (Å²) in [6.07, 6.45) is 0. The Hall–Kier alpha value is 0.0200. The maximum absolute atomic E-state index is 11.4. The molecule has 0 aromatic heterocycles. The maximum Gasteiger partial charge on any atom is 0.133 e. The van der Waals surface area contributed by atoms with Gasteiger partial charge in [-0.05, 0) is 46.5 Å². The molecule has 0 saturated heterocycles. The molecule has 3 rings (SSSR count). The van der Waals surface area contributed by atoms with Crippen molar-refractivity contribution in [2.75, 3.05) is 84.6 Å². The van der Waals surface area contributed by atoms with Crippen LogP contribution < -0.4 is 95.9 Å². The average molecular weight is 1140 g/mol. The Balaban J connectivity index is 0. The normalized spacial score (nSPS) is 12.6. The first-order valence-corrected chi connectivity index (χ1v) is 16.6. The van der Waals surface area contributed by atoms with E-state index in [-0.39, 0.29) is 107 Å². The van der Waals surface area contributed by atoms with E-state index in [0.717, 1.165) is 66.4 Å². The zero-order valence-electron chi connectivity index (χ0n) is 33.6. The predicted molar refractivity (Wildman–Crippen MR) is 194 cm³/mol. The summed E-state index contributed by atoms with van der Waals surface area (Å²) in [5.41, 5.74) is 8.41. The van der Waals surface area contributed by atoms with Gasteiger partial charge in [-0.25, -0.2) is 0 Å².